The van der Waals surface area contributed by atoms with Gasteiger partial charge in [0.15, 0.2) is 11.3 Å². The Morgan fingerprint density at radius 1 is 1.05 bits per heavy atom. The summed E-state index contributed by atoms with van der Waals surface area (Å²) in [6, 6.07) is 21.8. The maximum Gasteiger partial charge on any atom is 0.255 e. The Morgan fingerprint density at radius 3 is 2.38 bits per heavy atom. The molecule has 1 fully saturated rings. The standard InChI is InChI=1S/C32H32BrClN2O3/c1-4-8-27(37)36-26(17-19(2)3)28(20-11-14-23(34)15-12-20)29(30(38)21-9-6-5-7-10-21)32(36)24-18-22(33)13-16-25(24)35-31(32)39/h5-7,9-16,18-19,26,28-29H,4,8,17H2,1-3H3,(H,35,39). The molecular weight excluding hydrogens is 576 g/mol. The van der Waals surface area contributed by atoms with Crippen LogP contribution in [0.3, 0.4) is 0 Å². The molecule has 0 aliphatic carbocycles. The fraction of sp³-hybridized carbons (Fsp3) is 0.344. The number of nitrogens with one attached hydrogen (secondary N) is 1. The Hall–Kier alpha value is -2.96. The van der Waals surface area contributed by atoms with Crippen molar-refractivity contribution in [1.82, 2.24) is 4.90 Å². The molecule has 1 saturated heterocycles. The molecule has 2 aliphatic heterocycles. The van der Waals surface area contributed by atoms with Crippen LogP contribution in [0.5, 0.6) is 0 Å². The van der Waals surface area contributed by atoms with E-state index in [2.05, 4.69) is 35.1 Å². The van der Waals surface area contributed by atoms with Crippen molar-refractivity contribution in [2.45, 2.75) is 57.5 Å². The highest BCUT2D eigenvalue weighted by atomic mass is 79.9. The summed E-state index contributed by atoms with van der Waals surface area (Å²) >= 11 is 9.87. The Balaban J connectivity index is 1.87. The van der Waals surface area contributed by atoms with Crippen molar-refractivity contribution in [2.75, 3.05) is 5.32 Å². The normalized spacial score (nSPS) is 23.8. The minimum Gasteiger partial charge on any atom is -0.323 e. The number of hydrogen-bond acceptors (Lipinski definition) is 3. The molecule has 2 heterocycles. The highest BCUT2D eigenvalue weighted by Crippen LogP contribution is 2.60. The zero-order chi connectivity index (χ0) is 27.9. The van der Waals surface area contributed by atoms with E-state index in [-0.39, 0.29) is 36.0 Å². The zero-order valence-corrected chi connectivity index (χ0v) is 24.6. The fourth-order valence-electron chi connectivity index (χ4n) is 6.57. The average Bonchev–Trinajstić information content (AvgIpc) is 3.36. The molecule has 0 bridgehead atoms. The van der Waals surface area contributed by atoms with E-state index in [0.717, 1.165) is 10.0 Å². The molecule has 7 heteroatoms. The van der Waals surface area contributed by atoms with Gasteiger partial charge in [-0.3, -0.25) is 14.4 Å². The maximum atomic E-state index is 14.7. The lowest BCUT2D eigenvalue weighted by molar-refractivity contribution is -0.146. The molecule has 3 aromatic rings. The molecule has 0 aromatic heterocycles. The topological polar surface area (TPSA) is 66.5 Å². The number of amides is 2. The van der Waals surface area contributed by atoms with Crippen molar-refractivity contribution in [2.24, 2.45) is 11.8 Å². The molecule has 0 saturated carbocycles. The summed E-state index contributed by atoms with van der Waals surface area (Å²) in [6.07, 6.45) is 1.56. The number of likely N-dealkylation sites (tertiary alicyclic amines) is 1. The molecule has 0 radical (unpaired) electrons. The van der Waals surface area contributed by atoms with Gasteiger partial charge >= 0.3 is 0 Å². The van der Waals surface area contributed by atoms with Crippen molar-refractivity contribution in [3.63, 3.8) is 0 Å². The molecule has 5 nitrogen and oxygen atoms in total. The molecule has 4 unspecified atom stereocenters. The lowest BCUT2D eigenvalue weighted by Gasteiger charge is -2.39. The first-order chi connectivity index (χ1) is 18.7. The van der Waals surface area contributed by atoms with Crippen molar-refractivity contribution >= 4 is 50.8 Å². The van der Waals surface area contributed by atoms with Crippen LogP contribution in [0.1, 0.15) is 67.4 Å². The monoisotopic (exact) mass is 606 g/mol. The molecule has 4 atom stereocenters. The van der Waals surface area contributed by atoms with E-state index in [4.69, 9.17) is 11.6 Å². The molecule has 2 amide bonds. The summed E-state index contributed by atoms with van der Waals surface area (Å²) in [4.78, 5) is 45.1. The lowest BCUT2D eigenvalue weighted by atomic mass is 9.69. The molecule has 3 aromatic carbocycles. The molecular formula is C32H32BrClN2O3. The summed E-state index contributed by atoms with van der Waals surface area (Å²) in [5, 5.41) is 3.64. The van der Waals surface area contributed by atoms with Gasteiger partial charge in [0.25, 0.3) is 5.91 Å². The van der Waals surface area contributed by atoms with Gasteiger partial charge in [0.2, 0.25) is 5.91 Å². The number of carbonyl (C=O) groups excluding carboxylic acids is 3. The van der Waals surface area contributed by atoms with Crippen LogP contribution in [0.4, 0.5) is 5.69 Å². The van der Waals surface area contributed by atoms with Gasteiger partial charge < -0.3 is 10.2 Å². The van der Waals surface area contributed by atoms with E-state index in [1.807, 2.05) is 67.6 Å². The smallest absolute Gasteiger partial charge is 0.255 e. The summed E-state index contributed by atoms with van der Waals surface area (Å²) < 4.78 is 0.779. The third kappa shape index (κ3) is 4.62. The maximum absolute atomic E-state index is 14.7. The van der Waals surface area contributed by atoms with E-state index < -0.39 is 17.4 Å². The van der Waals surface area contributed by atoms with Crippen LogP contribution in [0, 0.1) is 11.8 Å². The van der Waals surface area contributed by atoms with E-state index in [0.29, 0.717) is 34.7 Å². The number of nitrogens with zero attached hydrogens (tertiary/aromatic N) is 1. The van der Waals surface area contributed by atoms with Crippen LogP contribution < -0.4 is 5.32 Å². The molecule has 5 rings (SSSR count). The minimum absolute atomic E-state index is 0.117. The number of benzene rings is 3. The predicted octanol–water partition coefficient (Wildman–Crippen LogP) is 7.59. The number of carbonyl (C=O) groups is 3. The fourth-order valence-corrected chi connectivity index (χ4v) is 7.06. The Morgan fingerprint density at radius 2 is 1.74 bits per heavy atom. The SMILES string of the molecule is CCCC(=O)N1C(CC(C)C)C(c2ccc(Cl)cc2)C(C(=O)c2ccccc2)C12C(=O)Nc1ccc(Br)cc12. The van der Waals surface area contributed by atoms with Gasteiger partial charge in [0.1, 0.15) is 0 Å². The number of ketones is 1. The molecule has 39 heavy (non-hydrogen) atoms. The van der Waals surface area contributed by atoms with E-state index >= 15 is 0 Å². The van der Waals surface area contributed by atoms with Gasteiger partial charge in [-0.1, -0.05) is 90.8 Å². The largest absolute Gasteiger partial charge is 0.323 e. The lowest BCUT2D eigenvalue weighted by Crippen LogP contribution is -2.56. The number of fused-ring (bicyclic) bond motifs is 2. The van der Waals surface area contributed by atoms with Crippen molar-refractivity contribution < 1.29 is 14.4 Å². The summed E-state index contributed by atoms with van der Waals surface area (Å²) in [7, 11) is 0. The zero-order valence-electron chi connectivity index (χ0n) is 22.3. The van der Waals surface area contributed by atoms with Gasteiger partial charge in [-0.15, -0.1) is 0 Å². The number of Topliss-reactive ketones (excluding diaryl/α,β-unsaturated/α-hetero) is 1. The van der Waals surface area contributed by atoms with Crippen LogP contribution in [0.15, 0.2) is 77.3 Å². The molecule has 1 N–H and O–H groups in total. The molecule has 2 aliphatic rings. The second kappa shape index (κ2) is 10.9. The molecule has 1 spiro atoms. The first-order valence-electron chi connectivity index (χ1n) is 13.5. The third-order valence-electron chi connectivity index (χ3n) is 7.96. The second-order valence-corrected chi connectivity index (χ2v) is 12.3. The van der Waals surface area contributed by atoms with Crippen molar-refractivity contribution in [3.8, 4) is 0 Å². The van der Waals surface area contributed by atoms with E-state index in [9.17, 15) is 14.4 Å². The van der Waals surface area contributed by atoms with Crippen LogP contribution in [0.25, 0.3) is 0 Å². The average molecular weight is 608 g/mol. The number of anilines is 1. The quantitative estimate of drug-likeness (QED) is 0.282. The predicted molar refractivity (Wildman–Crippen MR) is 158 cm³/mol. The van der Waals surface area contributed by atoms with Crippen molar-refractivity contribution in [3.05, 3.63) is 99.0 Å². The summed E-state index contributed by atoms with van der Waals surface area (Å²) in [5.74, 6) is -1.65. The Bertz CT molecular complexity index is 1410. The van der Waals surface area contributed by atoms with Crippen LogP contribution in [-0.4, -0.2) is 28.5 Å². The van der Waals surface area contributed by atoms with Gasteiger partial charge in [-0.2, -0.15) is 0 Å². The minimum atomic E-state index is -1.50. The highest BCUT2D eigenvalue weighted by molar-refractivity contribution is 9.10. The van der Waals surface area contributed by atoms with E-state index in [1.165, 1.54) is 0 Å². The Labute approximate surface area is 243 Å². The first kappa shape index (κ1) is 27.6. The van der Waals surface area contributed by atoms with E-state index in [1.54, 1.807) is 17.0 Å². The van der Waals surface area contributed by atoms with Crippen LogP contribution in [0.2, 0.25) is 5.02 Å². The summed E-state index contributed by atoms with van der Waals surface area (Å²) in [6.45, 7) is 6.18. The summed E-state index contributed by atoms with van der Waals surface area (Å²) in [5.41, 5.74) is 1.20. The van der Waals surface area contributed by atoms with Gasteiger partial charge in [-0.05, 0) is 54.7 Å². The number of rotatable bonds is 7. The second-order valence-electron chi connectivity index (χ2n) is 10.9. The highest BCUT2D eigenvalue weighted by Gasteiger charge is 2.69. The number of hydrogen-bond donors (Lipinski definition) is 1. The third-order valence-corrected chi connectivity index (χ3v) is 8.71. The van der Waals surface area contributed by atoms with Gasteiger partial charge in [0, 0.05) is 44.7 Å². The van der Waals surface area contributed by atoms with Gasteiger partial charge in [-0.25, -0.2) is 0 Å². The first-order valence-corrected chi connectivity index (χ1v) is 14.7. The number of halogens is 2. The Kier molecular flexibility index (Phi) is 7.71. The van der Waals surface area contributed by atoms with Crippen LogP contribution in [-0.2, 0) is 15.1 Å². The van der Waals surface area contributed by atoms with Gasteiger partial charge in [0.05, 0.1) is 5.92 Å². The molecule has 202 valence electrons. The van der Waals surface area contributed by atoms with Crippen LogP contribution >= 0.6 is 27.5 Å². The van der Waals surface area contributed by atoms with Crippen molar-refractivity contribution in [1.29, 1.82) is 0 Å².